The van der Waals surface area contributed by atoms with E-state index in [9.17, 15) is 0 Å². The number of fused-ring (bicyclic) bond motifs is 2. The van der Waals surface area contributed by atoms with Gasteiger partial charge in [0, 0.05) is 6.54 Å². The molecule has 0 aromatic heterocycles. The number of hydrogen-bond donors (Lipinski definition) is 0. The van der Waals surface area contributed by atoms with Crippen molar-refractivity contribution in [3.63, 3.8) is 0 Å². The van der Waals surface area contributed by atoms with Crippen LogP contribution in [0, 0.1) is 0 Å². The van der Waals surface area contributed by atoms with Crippen LogP contribution < -0.4 is 0 Å². The van der Waals surface area contributed by atoms with E-state index >= 15 is 0 Å². The molecule has 1 atom stereocenters. The molecule has 1 fully saturated rings. The molecule has 4 heteroatoms. The van der Waals surface area contributed by atoms with Crippen molar-refractivity contribution in [2.45, 2.75) is 57.8 Å². The lowest BCUT2D eigenvalue weighted by molar-refractivity contribution is 0.00578. The molecule has 1 unspecified atom stereocenters. The van der Waals surface area contributed by atoms with Crippen LogP contribution in [0.1, 0.15) is 38.8 Å². The van der Waals surface area contributed by atoms with Gasteiger partial charge in [0.2, 0.25) is 0 Å². The van der Waals surface area contributed by atoms with E-state index in [0.29, 0.717) is 6.04 Å². The van der Waals surface area contributed by atoms with E-state index in [4.69, 9.17) is 9.31 Å². The summed E-state index contributed by atoms with van der Waals surface area (Å²) in [4.78, 5) is 2.46. The molecule has 0 N–H and O–H groups in total. The third-order valence-corrected chi connectivity index (χ3v) is 6.01. The standard InChI is InChI=1S/C20H26BNO2/c1-19(2)20(3,4)24-21(23-19)14-17-10-12-22-11-9-15-7-5-6-8-16(15)13-18(17)22/h5-8,10,12,14,18H,9,11,13H2,1-4H3. The Bertz CT molecular complexity index is 691. The normalized spacial score (nSPS) is 28.8. The predicted molar refractivity (Wildman–Crippen MR) is 97.6 cm³/mol. The van der Waals surface area contributed by atoms with Crippen molar-refractivity contribution in [2.24, 2.45) is 0 Å². The van der Waals surface area contributed by atoms with E-state index in [1.165, 1.54) is 16.7 Å². The largest absolute Gasteiger partial charge is 0.487 e. The minimum Gasteiger partial charge on any atom is -0.400 e. The van der Waals surface area contributed by atoms with Crippen molar-refractivity contribution < 1.29 is 9.31 Å². The minimum atomic E-state index is -0.285. The van der Waals surface area contributed by atoms with Gasteiger partial charge in [0.15, 0.2) is 0 Å². The van der Waals surface area contributed by atoms with Crippen LogP contribution in [0.2, 0.25) is 0 Å². The molecule has 0 bridgehead atoms. The Labute approximate surface area is 145 Å². The van der Waals surface area contributed by atoms with E-state index in [1.807, 2.05) is 0 Å². The molecule has 1 aromatic rings. The minimum absolute atomic E-state index is 0.270. The topological polar surface area (TPSA) is 21.7 Å². The van der Waals surface area contributed by atoms with Gasteiger partial charge in [-0.15, -0.1) is 0 Å². The molecule has 0 aliphatic carbocycles. The third-order valence-electron chi connectivity index (χ3n) is 6.01. The molecule has 0 spiro atoms. The summed E-state index contributed by atoms with van der Waals surface area (Å²) in [6.45, 7) is 9.47. The first kappa shape index (κ1) is 16.0. The third kappa shape index (κ3) is 2.62. The summed E-state index contributed by atoms with van der Waals surface area (Å²) < 4.78 is 12.3. The van der Waals surface area contributed by atoms with Crippen LogP contribution >= 0.6 is 0 Å². The fraction of sp³-hybridized carbons (Fsp3) is 0.500. The molecule has 24 heavy (non-hydrogen) atoms. The van der Waals surface area contributed by atoms with E-state index in [0.717, 1.165) is 19.4 Å². The monoisotopic (exact) mass is 323 g/mol. The Balaban J connectivity index is 1.58. The molecule has 3 heterocycles. The molecule has 126 valence electrons. The van der Waals surface area contributed by atoms with E-state index in [-0.39, 0.29) is 18.3 Å². The lowest BCUT2D eigenvalue weighted by Crippen LogP contribution is -2.41. The van der Waals surface area contributed by atoms with Crippen LogP contribution in [-0.2, 0) is 22.2 Å². The van der Waals surface area contributed by atoms with Gasteiger partial charge >= 0.3 is 7.12 Å². The van der Waals surface area contributed by atoms with Crippen molar-refractivity contribution >= 4 is 7.12 Å². The fourth-order valence-electron chi connectivity index (χ4n) is 3.79. The molecule has 1 saturated heterocycles. The highest BCUT2D eigenvalue weighted by molar-refractivity contribution is 6.52. The first-order chi connectivity index (χ1) is 11.4. The second-order valence-electron chi connectivity index (χ2n) is 8.08. The molecule has 0 amide bonds. The van der Waals surface area contributed by atoms with Crippen LogP contribution in [0.4, 0.5) is 0 Å². The lowest BCUT2D eigenvalue weighted by atomic mass is 9.84. The average molecular weight is 323 g/mol. The maximum absolute atomic E-state index is 6.16. The van der Waals surface area contributed by atoms with Crippen molar-refractivity contribution in [2.75, 3.05) is 6.54 Å². The van der Waals surface area contributed by atoms with Crippen LogP contribution in [0.5, 0.6) is 0 Å². The number of rotatable bonds is 1. The summed E-state index contributed by atoms with van der Waals surface area (Å²) in [6.07, 6.45) is 6.62. The summed E-state index contributed by atoms with van der Waals surface area (Å²) in [5.41, 5.74) is 3.69. The molecule has 3 aliphatic heterocycles. The highest BCUT2D eigenvalue weighted by atomic mass is 16.7. The van der Waals surface area contributed by atoms with Gasteiger partial charge in [0.25, 0.3) is 0 Å². The summed E-state index contributed by atoms with van der Waals surface area (Å²) >= 11 is 0. The number of nitrogens with zero attached hydrogens (tertiary/aromatic N) is 1. The van der Waals surface area contributed by atoms with Crippen molar-refractivity contribution in [1.29, 1.82) is 0 Å². The molecule has 0 saturated carbocycles. The van der Waals surface area contributed by atoms with Crippen LogP contribution in [-0.4, -0.2) is 35.8 Å². The first-order valence-electron chi connectivity index (χ1n) is 8.94. The Morgan fingerprint density at radius 3 is 2.46 bits per heavy atom. The molecule has 3 nitrogen and oxygen atoms in total. The van der Waals surface area contributed by atoms with Gasteiger partial charge in [0.1, 0.15) is 0 Å². The molecule has 3 aliphatic rings. The van der Waals surface area contributed by atoms with Gasteiger partial charge < -0.3 is 14.2 Å². The molecular formula is C20H26BNO2. The number of benzene rings is 1. The Morgan fingerprint density at radius 1 is 1.08 bits per heavy atom. The first-order valence-corrected chi connectivity index (χ1v) is 8.94. The number of hydrogen-bond acceptors (Lipinski definition) is 3. The summed E-state index contributed by atoms with van der Waals surface area (Å²) in [6, 6.07) is 9.22. The van der Waals surface area contributed by atoms with E-state index in [1.54, 1.807) is 0 Å². The van der Waals surface area contributed by atoms with Gasteiger partial charge in [-0.2, -0.15) is 0 Å². The smallest absolute Gasteiger partial charge is 0.400 e. The lowest BCUT2D eigenvalue weighted by Gasteiger charge is -2.32. The van der Waals surface area contributed by atoms with E-state index < -0.39 is 0 Å². The summed E-state index contributed by atoms with van der Waals surface area (Å²) in [5, 5.41) is 0. The second kappa shape index (κ2) is 5.50. The van der Waals surface area contributed by atoms with Crippen LogP contribution in [0.3, 0.4) is 0 Å². The quantitative estimate of drug-likeness (QED) is 0.738. The molecule has 4 rings (SSSR count). The highest BCUT2D eigenvalue weighted by Gasteiger charge is 2.50. The molecular weight excluding hydrogens is 297 g/mol. The Morgan fingerprint density at radius 2 is 1.75 bits per heavy atom. The second-order valence-corrected chi connectivity index (χ2v) is 8.08. The van der Waals surface area contributed by atoms with Gasteiger partial charge in [-0.1, -0.05) is 24.3 Å². The zero-order valence-electron chi connectivity index (χ0n) is 15.1. The van der Waals surface area contributed by atoms with Crippen molar-refractivity contribution in [3.8, 4) is 0 Å². The zero-order chi connectivity index (χ0) is 16.9. The van der Waals surface area contributed by atoms with Crippen molar-refractivity contribution in [3.05, 3.63) is 59.2 Å². The maximum Gasteiger partial charge on any atom is 0.487 e. The van der Waals surface area contributed by atoms with E-state index in [2.05, 4.69) is 75.1 Å². The van der Waals surface area contributed by atoms with Gasteiger partial charge in [-0.05, 0) is 75.5 Å². The predicted octanol–water partition coefficient (Wildman–Crippen LogP) is 3.54. The molecule has 0 radical (unpaired) electrons. The van der Waals surface area contributed by atoms with Crippen LogP contribution in [0.15, 0.2) is 48.1 Å². The average Bonchev–Trinajstić information content (AvgIpc) is 2.88. The SMILES string of the molecule is CC1(C)OB(C=C2C=CN3CCc4ccccc4CC23)OC1(C)C. The highest BCUT2D eigenvalue weighted by Crippen LogP contribution is 2.38. The fourth-order valence-corrected chi connectivity index (χ4v) is 3.79. The maximum atomic E-state index is 6.16. The molecule has 1 aromatic carbocycles. The summed E-state index contributed by atoms with van der Waals surface area (Å²) in [7, 11) is -0.270. The van der Waals surface area contributed by atoms with Gasteiger partial charge in [-0.3, -0.25) is 0 Å². The van der Waals surface area contributed by atoms with Gasteiger partial charge in [-0.25, -0.2) is 0 Å². The Kier molecular flexibility index (Phi) is 3.66. The zero-order valence-corrected chi connectivity index (χ0v) is 15.1. The van der Waals surface area contributed by atoms with Crippen LogP contribution in [0.25, 0.3) is 0 Å². The van der Waals surface area contributed by atoms with Crippen molar-refractivity contribution in [1.82, 2.24) is 4.90 Å². The summed E-state index contributed by atoms with van der Waals surface area (Å²) in [5.74, 6) is 2.17. The van der Waals surface area contributed by atoms with Gasteiger partial charge in [0.05, 0.1) is 17.2 Å². The Hall–Kier alpha value is -1.52.